The van der Waals surface area contributed by atoms with Crippen molar-refractivity contribution < 1.29 is 24.2 Å². The molecule has 0 unspecified atom stereocenters. The molecule has 5 heteroatoms. The molecule has 0 radical (unpaired) electrons. The Morgan fingerprint density at radius 1 is 0.478 bits per heavy atom. The average molecular weight is 651 g/mol. The number of allylic oxidation sites excluding steroid dienone is 2. The quantitative estimate of drug-likeness (QED) is 0.0411. The summed E-state index contributed by atoms with van der Waals surface area (Å²) < 4.78 is 10.5. The summed E-state index contributed by atoms with van der Waals surface area (Å²) in [4.78, 5) is 24.1. The van der Waals surface area contributed by atoms with Crippen molar-refractivity contribution >= 4 is 11.9 Å². The Balaban J connectivity index is 3.48. The third-order valence-electron chi connectivity index (χ3n) is 9.06. The first-order valence-electron chi connectivity index (χ1n) is 20.2. The number of carbonyl (C=O) groups excluding carboxylic acids is 2. The molecular weight excluding hydrogens is 572 g/mol. The standard InChI is InChI=1S/C41H78O5/c1-3-5-7-9-11-13-14-15-16-17-18-19-20-21-22-23-24-25-26-28-30-32-34-36-41(44)46-39(37-42)38-45-40(43)35-33-31-29-27-12-10-8-6-4-2/h28,30,39,42H,3-27,29,31-38H2,1-2H3/b30-28+/t39-/m0/s1. The van der Waals surface area contributed by atoms with Gasteiger partial charge in [0.25, 0.3) is 0 Å². The highest BCUT2D eigenvalue weighted by Gasteiger charge is 2.16. The lowest BCUT2D eigenvalue weighted by Gasteiger charge is -2.15. The SMILES string of the molecule is CCCCCCCCCCCCCCCCCCCC/C=C/CCCC(=O)O[C@@H](CO)COC(=O)CCCCCCCCCCC. The maximum atomic E-state index is 12.1. The number of aliphatic hydroxyl groups is 1. The van der Waals surface area contributed by atoms with Crippen molar-refractivity contribution in [1.82, 2.24) is 0 Å². The molecule has 1 N–H and O–H groups in total. The summed E-state index contributed by atoms with van der Waals surface area (Å²) in [5.41, 5.74) is 0. The molecule has 0 spiro atoms. The number of carbonyl (C=O) groups is 2. The molecule has 0 heterocycles. The van der Waals surface area contributed by atoms with Crippen LogP contribution in [-0.4, -0.2) is 36.4 Å². The van der Waals surface area contributed by atoms with E-state index in [4.69, 9.17) is 9.47 Å². The van der Waals surface area contributed by atoms with E-state index < -0.39 is 6.10 Å². The average Bonchev–Trinajstić information content (AvgIpc) is 3.06. The summed E-state index contributed by atoms with van der Waals surface area (Å²) in [7, 11) is 0. The fourth-order valence-corrected chi connectivity index (χ4v) is 5.97. The lowest BCUT2D eigenvalue weighted by molar-refractivity contribution is -0.161. The molecule has 1 atom stereocenters. The molecule has 0 aromatic heterocycles. The molecule has 0 fully saturated rings. The lowest BCUT2D eigenvalue weighted by atomic mass is 10.0. The van der Waals surface area contributed by atoms with Gasteiger partial charge in [0.1, 0.15) is 6.61 Å². The second kappa shape index (κ2) is 38.1. The molecule has 0 amide bonds. The third kappa shape index (κ3) is 35.5. The molecule has 0 aromatic carbocycles. The number of rotatable bonds is 37. The Labute approximate surface area is 286 Å². The van der Waals surface area contributed by atoms with Gasteiger partial charge in [-0.25, -0.2) is 0 Å². The molecule has 46 heavy (non-hydrogen) atoms. The highest BCUT2D eigenvalue weighted by Crippen LogP contribution is 2.15. The van der Waals surface area contributed by atoms with Crippen LogP contribution in [0.15, 0.2) is 12.2 Å². The van der Waals surface area contributed by atoms with Crippen molar-refractivity contribution in [2.75, 3.05) is 13.2 Å². The number of unbranched alkanes of at least 4 members (excludes halogenated alkanes) is 27. The van der Waals surface area contributed by atoms with E-state index in [1.54, 1.807) is 0 Å². The van der Waals surface area contributed by atoms with Gasteiger partial charge in [-0.05, 0) is 32.1 Å². The molecule has 0 aliphatic heterocycles. The van der Waals surface area contributed by atoms with Crippen molar-refractivity contribution in [3.8, 4) is 0 Å². The molecule has 0 saturated carbocycles. The van der Waals surface area contributed by atoms with Crippen LogP contribution in [0.25, 0.3) is 0 Å². The third-order valence-corrected chi connectivity index (χ3v) is 9.06. The van der Waals surface area contributed by atoms with Gasteiger partial charge in [-0.15, -0.1) is 0 Å². The van der Waals surface area contributed by atoms with E-state index in [0.29, 0.717) is 12.8 Å². The van der Waals surface area contributed by atoms with Crippen LogP contribution in [0.4, 0.5) is 0 Å². The number of esters is 2. The van der Waals surface area contributed by atoms with E-state index in [0.717, 1.165) is 38.5 Å². The van der Waals surface area contributed by atoms with Crippen LogP contribution < -0.4 is 0 Å². The summed E-state index contributed by atoms with van der Waals surface area (Å²) in [5, 5.41) is 9.52. The zero-order valence-electron chi connectivity index (χ0n) is 30.9. The van der Waals surface area contributed by atoms with E-state index >= 15 is 0 Å². The van der Waals surface area contributed by atoms with Gasteiger partial charge < -0.3 is 14.6 Å². The van der Waals surface area contributed by atoms with Crippen LogP contribution in [0, 0.1) is 0 Å². The summed E-state index contributed by atoms with van der Waals surface area (Å²) >= 11 is 0. The van der Waals surface area contributed by atoms with Crippen LogP contribution in [0.5, 0.6) is 0 Å². The van der Waals surface area contributed by atoms with Gasteiger partial charge in [0.05, 0.1) is 6.61 Å². The van der Waals surface area contributed by atoms with Crippen molar-refractivity contribution in [1.29, 1.82) is 0 Å². The number of aliphatic hydroxyl groups excluding tert-OH is 1. The van der Waals surface area contributed by atoms with Gasteiger partial charge in [0, 0.05) is 12.8 Å². The van der Waals surface area contributed by atoms with Gasteiger partial charge in [0.15, 0.2) is 6.10 Å². The largest absolute Gasteiger partial charge is 0.462 e. The van der Waals surface area contributed by atoms with E-state index in [-0.39, 0.29) is 25.2 Å². The van der Waals surface area contributed by atoms with Crippen LogP contribution in [-0.2, 0) is 19.1 Å². The van der Waals surface area contributed by atoms with E-state index in [9.17, 15) is 14.7 Å². The maximum Gasteiger partial charge on any atom is 0.306 e. The first kappa shape index (κ1) is 44.6. The Kier molecular flexibility index (Phi) is 37.0. The van der Waals surface area contributed by atoms with Crippen LogP contribution >= 0.6 is 0 Å². The topological polar surface area (TPSA) is 72.8 Å². The highest BCUT2D eigenvalue weighted by atomic mass is 16.6. The molecule has 0 aliphatic rings. The molecule has 0 bridgehead atoms. The summed E-state index contributed by atoms with van der Waals surface area (Å²) in [6.45, 7) is 4.11. The van der Waals surface area contributed by atoms with Crippen molar-refractivity contribution in [3.63, 3.8) is 0 Å². The van der Waals surface area contributed by atoms with Gasteiger partial charge in [-0.3, -0.25) is 9.59 Å². The molecule has 5 nitrogen and oxygen atoms in total. The Morgan fingerprint density at radius 2 is 0.826 bits per heavy atom. The Morgan fingerprint density at radius 3 is 1.24 bits per heavy atom. The fourth-order valence-electron chi connectivity index (χ4n) is 5.97. The minimum Gasteiger partial charge on any atom is -0.462 e. The monoisotopic (exact) mass is 651 g/mol. The van der Waals surface area contributed by atoms with Gasteiger partial charge in [-0.1, -0.05) is 187 Å². The first-order valence-corrected chi connectivity index (χ1v) is 20.2. The number of ether oxygens (including phenoxy) is 2. The van der Waals surface area contributed by atoms with Crippen LogP contribution in [0.1, 0.15) is 219 Å². The molecule has 0 aliphatic carbocycles. The Bertz CT molecular complexity index is 661. The number of hydrogen-bond acceptors (Lipinski definition) is 5. The second-order valence-corrected chi connectivity index (χ2v) is 13.7. The smallest absolute Gasteiger partial charge is 0.306 e. The van der Waals surface area contributed by atoms with Crippen molar-refractivity contribution in [2.45, 2.75) is 225 Å². The molecule has 272 valence electrons. The van der Waals surface area contributed by atoms with Gasteiger partial charge in [-0.2, -0.15) is 0 Å². The van der Waals surface area contributed by atoms with Crippen molar-refractivity contribution in [3.05, 3.63) is 12.2 Å². The van der Waals surface area contributed by atoms with Gasteiger partial charge in [0.2, 0.25) is 0 Å². The zero-order chi connectivity index (χ0) is 33.6. The van der Waals surface area contributed by atoms with Crippen LogP contribution in [0.3, 0.4) is 0 Å². The molecule has 0 saturated heterocycles. The molecule has 0 aromatic rings. The maximum absolute atomic E-state index is 12.1. The zero-order valence-corrected chi connectivity index (χ0v) is 30.9. The predicted molar refractivity (Wildman–Crippen MR) is 196 cm³/mol. The normalized spacial score (nSPS) is 12.2. The summed E-state index contributed by atoms with van der Waals surface area (Å²) in [6, 6.07) is 0. The van der Waals surface area contributed by atoms with E-state index in [2.05, 4.69) is 26.0 Å². The molecule has 0 rings (SSSR count). The highest BCUT2D eigenvalue weighted by molar-refractivity contribution is 5.70. The van der Waals surface area contributed by atoms with Crippen molar-refractivity contribution in [2.24, 2.45) is 0 Å². The minimum atomic E-state index is -0.778. The van der Waals surface area contributed by atoms with E-state index in [1.807, 2.05) is 0 Å². The Hall–Kier alpha value is -1.36. The number of hydrogen-bond donors (Lipinski definition) is 1. The van der Waals surface area contributed by atoms with E-state index in [1.165, 1.54) is 154 Å². The second-order valence-electron chi connectivity index (χ2n) is 13.7. The lowest BCUT2D eigenvalue weighted by Crippen LogP contribution is -2.28. The molecular formula is C41H78O5. The minimum absolute atomic E-state index is 0.0716. The fraction of sp³-hybridized carbons (Fsp3) is 0.902. The van der Waals surface area contributed by atoms with Crippen LogP contribution in [0.2, 0.25) is 0 Å². The summed E-state index contributed by atoms with van der Waals surface area (Å²) in [6.07, 6.45) is 43.0. The first-order chi connectivity index (χ1) is 22.6. The predicted octanol–water partition coefficient (Wildman–Crippen LogP) is 12.5. The van der Waals surface area contributed by atoms with Gasteiger partial charge >= 0.3 is 11.9 Å². The summed E-state index contributed by atoms with van der Waals surface area (Å²) in [5.74, 6) is -0.622.